The second kappa shape index (κ2) is 7.65. The Morgan fingerprint density at radius 2 is 1.84 bits per heavy atom. The van der Waals surface area contributed by atoms with E-state index in [-0.39, 0.29) is 23.2 Å². The summed E-state index contributed by atoms with van der Waals surface area (Å²) < 4.78 is 41.6. The molecule has 0 radical (unpaired) electrons. The zero-order valence-electron chi connectivity index (χ0n) is 14.3. The largest absolute Gasteiger partial charge is 0.481 e. The molecule has 0 aromatic heterocycles. The van der Waals surface area contributed by atoms with E-state index in [1.165, 1.54) is 41.3 Å². The fourth-order valence-corrected chi connectivity index (χ4v) is 2.95. The number of amides is 1. The normalized spacial score (nSPS) is 12.5. The van der Waals surface area contributed by atoms with E-state index in [1.54, 1.807) is 26.1 Å². The zero-order valence-corrected chi connectivity index (χ0v) is 15.1. The van der Waals surface area contributed by atoms with Gasteiger partial charge in [0.15, 0.2) is 15.9 Å². The predicted octanol–water partition coefficient (Wildman–Crippen LogP) is 2.66. The second-order valence-corrected chi connectivity index (χ2v) is 7.84. The molecule has 1 amide bonds. The van der Waals surface area contributed by atoms with Gasteiger partial charge in [-0.05, 0) is 48.9 Å². The van der Waals surface area contributed by atoms with Crippen LogP contribution in [0.4, 0.5) is 4.39 Å². The van der Waals surface area contributed by atoms with Crippen molar-refractivity contribution in [3.63, 3.8) is 0 Å². The average Bonchev–Trinajstić information content (AvgIpc) is 2.53. The molecule has 134 valence electrons. The smallest absolute Gasteiger partial charge is 0.263 e. The maximum atomic E-state index is 13.2. The minimum atomic E-state index is -3.28. The fourth-order valence-electron chi connectivity index (χ4n) is 2.32. The second-order valence-electron chi connectivity index (χ2n) is 5.83. The number of hydrogen-bond donors (Lipinski definition) is 0. The molecule has 5 nitrogen and oxygen atoms in total. The third kappa shape index (κ3) is 5.29. The molecule has 0 aliphatic carbocycles. The number of benzene rings is 2. The van der Waals surface area contributed by atoms with Gasteiger partial charge in [0, 0.05) is 19.8 Å². The van der Waals surface area contributed by atoms with Crippen molar-refractivity contribution in [3.05, 3.63) is 59.9 Å². The van der Waals surface area contributed by atoms with Crippen LogP contribution in [0.1, 0.15) is 12.5 Å². The lowest BCUT2D eigenvalue weighted by molar-refractivity contribution is -0.137. The molecule has 0 bridgehead atoms. The minimum absolute atomic E-state index is 0.182. The van der Waals surface area contributed by atoms with Crippen molar-refractivity contribution in [2.45, 2.75) is 24.5 Å². The minimum Gasteiger partial charge on any atom is -0.481 e. The quantitative estimate of drug-likeness (QED) is 0.789. The summed E-state index contributed by atoms with van der Waals surface area (Å²) in [6.07, 6.45) is 0.360. The third-order valence-corrected chi connectivity index (χ3v) is 4.73. The van der Waals surface area contributed by atoms with Gasteiger partial charge in [-0.3, -0.25) is 4.79 Å². The van der Waals surface area contributed by atoms with Gasteiger partial charge >= 0.3 is 0 Å². The standard InChI is InChI=1S/C18H20FNO4S/c1-13(24-16-7-9-17(10-8-16)25(3,22)23)18(21)20(2)12-14-5-4-6-15(19)11-14/h4-11,13H,12H2,1-3H3. The van der Waals surface area contributed by atoms with E-state index in [2.05, 4.69) is 0 Å². The van der Waals surface area contributed by atoms with Gasteiger partial charge in [-0.1, -0.05) is 12.1 Å². The number of carbonyl (C=O) groups is 1. The van der Waals surface area contributed by atoms with Crippen molar-refractivity contribution in [2.24, 2.45) is 0 Å². The van der Waals surface area contributed by atoms with E-state index in [0.29, 0.717) is 11.3 Å². The van der Waals surface area contributed by atoms with Crippen LogP contribution in [0.5, 0.6) is 5.75 Å². The molecule has 0 fully saturated rings. The Morgan fingerprint density at radius 1 is 1.20 bits per heavy atom. The average molecular weight is 365 g/mol. The lowest BCUT2D eigenvalue weighted by atomic mass is 10.2. The molecule has 1 unspecified atom stereocenters. The number of sulfone groups is 1. The number of likely N-dealkylation sites (N-methyl/N-ethyl adjacent to an activating group) is 1. The highest BCUT2D eigenvalue weighted by Crippen LogP contribution is 2.18. The molecule has 2 rings (SSSR count). The molecule has 0 spiro atoms. The van der Waals surface area contributed by atoms with Crippen LogP contribution in [-0.4, -0.2) is 38.6 Å². The topological polar surface area (TPSA) is 63.7 Å². The van der Waals surface area contributed by atoms with Gasteiger partial charge < -0.3 is 9.64 Å². The molecular weight excluding hydrogens is 345 g/mol. The molecule has 2 aromatic carbocycles. The van der Waals surface area contributed by atoms with E-state index in [9.17, 15) is 17.6 Å². The highest BCUT2D eigenvalue weighted by Gasteiger charge is 2.19. The van der Waals surface area contributed by atoms with Crippen molar-refractivity contribution >= 4 is 15.7 Å². The van der Waals surface area contributed by atoms with E-state index >= 15 is 0 Å². The molecule has 0 heterocycles. The van der Waals surface area contributed by atoms with Crippen LogP contribution in [0, 0.1) is 5.82 Å². The maximum Gasteiger partial charge on any atom is 0.263 e. The van der Waals surface area contributed by atoms with E-state index in [4.69, 9.17) is 4.74 Å². The first-order valence-electron chi connectivity index (χ1n) is 7.63. The van der Waals surface area contributed by atoms with Crippen molar-refractivity contribution in [1.29, 1.82) is 0 Å². The SMILES string of the molecule is CC(Oc1ccc(S(C)(=O)=O)cc1)C(=O)N(C)Cc1cccc(F)c1. The number of hydrogen-bond acceptors (Lipinski definition) is 4. The molecule has 0 aliphatic heterocycles. The van der Waals surface area contributed by atoms with Gasteiger partial charge in [-0.25, -0.2) is 12.8 Å². The third-order valence-electron chi connectivity index (χ3n) is 3.60. The molecule has 0 saturated heterocycles. The van der Waals surface area contributed by atoms with Gasteiger partial charge in [0.25, 0.3) is 5.91 Å². The Kier molecular flexibility index (Phi) is 5.79. The number of nitrogens with zero attached hydrogens (tertiary/aromatic N) is 1. The summed E-state index contributed by atoms with van der Waals surface area (Å²) in [5.41, 5.74) is 0.681. The summed E-state index contributed by atoms with van der Waals surface area (Å²) in [6.45, 7) is 1.87. The molecule has 0 aliphatic rings. The Balaban J connectivity index is 1.99. The van der Waals surface area contributed by atoms with Crippen LogP contribution >= 0.6 is 0 Å². The number of ether oxygens (including phenoxy) is 1. The van der Waals surface area contributed by atoms with Crippen molar-refractivity contribution in [1.82, 2.24) is 4.90 Å². The number of carbonyl (C=O) groups excluding carboxylic acids is 1. The van der Waals surface area contributed by atoms with Crippen LogP contribution in [0.3, 0.4) is 0 Å². The van der Waals surface area contributed by atoms with Crippen molar-refractivity contribution in [3.8, 4) is 5.75 Å². The van der Waals surface area contributed by atoms with Gasteiger partial charge in [0.1, 0.15) is 11.6 Å². The summed E-state index contributed by atoms with van der Waals surface area (Å²) >= 11 is 0. The van der Waals surface area contributed by atoms with Gasteiger partial charge in [0.05, 0.1) is 4.90 Å². The lowest BCUT2D eigenvalue weighted by Crippen LogP contribution is -2.37. The van der Waals surface area contributed by atoms with E-state index in [0.717, 1.165) is 6.26 Å². The molecule has 7 heteroatoms. The first kappa shape index (κ1) is 18.9. The van der Waals surface area contributed by atoms with Crippen LogP contribution in [0.25, 0.3) is 0 Å². The first-order chi connectivity index (χ1) is 11.7. The van der Waals surface area contributed by atoms with E-state index < -0.39 is 15.9 Å². The summed E-state index contributed by atoms with van der Waals surface area (Å²) in [4.78, 5) is 14.0. The molecule has 0 N–H and O–H groups in total. The Hall–Kier alpha value is -2.41. The number of rotatable bonds is 6. The molecular formula is C18H20FNO4S. The summed E-state index contributed by atoms with van der Waals surface area (Å²) in [5, 5.41) is 0. The molecule has 25 heavy (non-hydrogen) atoms. The maximum absolute atomic E-state index is 13.2. The Labute approximate surface area is 147 Å². The molecule has 2 aromatic rings. The first-order valence-corrected chi connectivity index (χ1v) is 9.52. The van der Waals surface area contributed by atoms with Crippen LogP contribution in [0.2, 0.25) is 0 Å². The Morgan fingerprint density at radius 3 is 2.40 bits per heavy atom. The molecule has 0 saturated carbocycles. The summed E-state index contributed by atoms with van der Waals surface area (Å²) in [5.74, 6) is -0.225. The van der Waals surface area contributed by atoms with Gasteiger partial charge in [0.2, 0.25) is 0 Å². The lowest BCUT2D eigenvalue weighted by Gasteiger charge is -2.22. The monoisotopic (exact) mass is 365 g/mol. The summed E-state index contributed by atoms with van der Waals surface area (Å²) in [7, 11) is -1.67. The number of halogens is 1. The fraction of sp³-hybridized carbons (Fsp3) is 0.278. The highest BCUT2D eigenvalue weighted by molar-refractivity contribution is 7.90. The van der Waals surface area contributed by atoms with Crippen LogP contribution in [0.15, 0.2) is 53.4 Å². The van der Waals surface area contributed by atoms with Crippen LogP contribution in [-0.2, 0) is 21.2 Å². The van der Waals surface area contributed by atoms with E-state index in [1.807, 2.05) is 0 Å². The predicted molar refractivity (Wildman–Crippen MR) is 92.5 cm³/mol. The summed E-state index contributed by atoms with van der Waals surface area (Å²) in [6, 6.07) is 11.9. The van der Waals surface area contributed by atoms with Crippen molar-refractivity contribution in [2.75, 3.05) is 13.3 Å². The van der Waals surface area contributed by atoms with Gasteiger partial charge in [-0.2, -0.15) is 0 Å². The molecule has 1 atom stereocenters. The highest BCUT2D eigenvalue weighted by atomic mass is 32.2. The Bertz CT molecular complexity index is 850. The van der Waals surface area contributed by atoms with Crippen LogP contribution < -0.4 is 4.74 Å². The zero-order chi connectivity index (χ0) is 18.6. The van der Waals surface area contributed by atoms with Crippen molar-refractivity contribution < 1.29 is 22.3 Å². The van der Waals surface area contributed by atoms with Gasteiger partial charge in [-0.15, -0.1) is 0 Å².